The van der Waals surface area contributed by atoms with Crippen molar-refractivity contribution >= 4 is 22.0 Å². The zero-order chi connectivity index (χ0) is 12.1. The van der Waals surface area contributed by atoms with Crippen molar-refractivity contribution in [3.8, 4) is 0 Å². The van der Waals surface area contributed by atoms with E-state index in [1.807, 2.05) is 32.1 Å². The molecule has 1 nitrogen and oxygen atoms in total. The van der Waals surface area contributed by atoms with Crippen molar-refractivity contribution in [3.63, 3.8) is 0 Å². The van der Waals surface area contributed by atoms with Gasteiger partial charge in [0.2, 0.25) is 0 Å². The molecule has 1 aromatic carbocycles. The van der Waals surface area contributed by atoms with Crippen molar-refractivity contribution in [2.24, 2.45) is 0 Å². The van der Waals surface area contributed by atoms with Gasteiger partial charge < -0.3 is 5.11 Å². The van der Waals surface area contributed by atoms with Crippen molar-refractivity contribution in [2.45, 2.75) is 20.8 Å². The van der Waals surface area contributed by atoms with Crippen LogP contribution < -0.4 is 0 Å². The number of halogens is 1. The minimum Gasteiger partial charge on any atom is -0.508 e. The highest BCUT2D eigenvalue weighted by Crippen LogP contribution is 2.19. The Hall–Kier alpha value is -1.02. The molecule has 86 valence electrons. The molecule has 0 bridgehead atoms. The molecule has 0 saturated carbocycles. The molecule has 0 amide bonds. The molecule has 1 rings (SSSR count). The van der Waals surface area contributed by atoms with E-state index in [0.29, 0.717) is 11.1 Å². The van der Waals surface area contributed by atoms with Gasteiger partial charge in [0, 0.05) is 10.9 Å². The lowest BCUT2D eigenvalue weighted by Crippen LogP contribution is -1.93. The number of rotatable bonds is 3. The third-order valence-corrected chi connectivity index (χ3v) is 3.04. The van der Waals surface area contributed by atoms with Crippen molar-refractivity contribution in [3.05, 3.63) is 52.3 Å². The average Bonchev–Trinajstić information content (AvgIpc) is 2.27. The normalized spacial score (nSPS) is 11.4. The maximum atomic E-state index is 9.92. The van der Waals surface area contributed by atoms with E-state index >= 15 is 0 Å². The van der Waals surface area contributed by atoms with Crippen LogP contribution in [0.25, 0.3) is 6.08 Å². The average molecular weight is 281 g/mol. The van der Waals surface area contributed by atoms with Gasteiger partial charge in [0.1, 0.15) is 5.76 Å². The Bertz CT molecular complexity index is 426. The Morgan fingerprint density at radius 2 is 1.94 bits per heavy atom. The molecule has 0 aliphatic carbocycles. The molecule has 0 radical (unpaired) electrons. The Kier molecular flexibility index (Phi) is 4.81. The standard InChI is InChI=1S/C14H17BrO/c1-10(2)14(16)13(9-15)8-12-7-5-4-6-11(12)3/h4-8,16H,9H2,1-3H3/b13-8-. The van der Waals surface area contributed by atoms with Crippen LogP contribution in [0.1, 0.15) is 25.0 Å². The summed E-state index contributed by atoms with van der Waals surface area (Å²) in [4.78, 5) is 0. The van der Waals surface area contributed by atoms with Gasteiger partial charge in [-0.05, 0) is 43.5 Å². The van der Waals surface area contributed by atoms with E-state index in [1.54, 1.807) is 0 Å². The number of aryl methyl sites for hydroxylation is 1. The third-order valence-electron chi connectivity index (χ3n) is 2.44. The van der Waals surface area contributed by atoms with Crippen LogP contribution >= 0.6 is 15.9 Å². The molecule has 0 heterocycles. The van der Waals surface area contributed by atoms with E-state index < -0.39 is 0 Å². The summed E-state index contributed by atoms with van der Waals surface area (Å²) < 4.78 is 0. The molecule has 2 heteroatoms. The van der Waals surface area contributed by atoms with E-state index in [4.69, 9.17) is 0 Å². The molecule has 0 aromatic heterocycles. The Morgan fingerprint density at radius 1 is 1.31 bits per heavy atom. The summed E-state index contributed by atoms with van der Waals surface area (Å²) >= 11 is 3.40. The molecule has 0 atom stereocenters. The predicted molar refractivity (Wildman–Crippen MR) is 74.0 cm³/mol. The summed E-state index contributed by atoms with van der Waals surface area (Å²) in [5.74, 6) is 0.375. The maximum absolute atomic E-state index is 9.92. The zero-order valence-corrected chi connectivity index (χ0v) is 11.5. The fourth-order valence-corrected chi connectivity index (χ4v) is 1.86. The van der Waals surface area contributed by atoms with Gasteiger partial charge in [-0.1, -0.05) is 40.2 Å². The number of alkyl halides is 1. The molecule has 0 aliphatic heterocycles. The van der Waals surface area contributed by atoms with Crippen LogP contribution in [-0.4, -0.2) is 10.4 Å². The SMILES string of the molecule is CC(C)=C(O)/C(=C\c1ccccc1C)CBr. The molecule has 0 fully saturated rings. The largest absolute Gasteiger partial charge is 0.508 e. The van der Waals surface area contributed by atoms with Crippen molar-refractivity contribution < 1.29 is 5.11 Å². The second kappa shape index (κ2) is 5.90. The first-order valence-corrected chi connectivity index (χ1v) is 6.37. The van der Waals surface area contributed by atoms with Crippen LogP contribution in [0.4, 0.5) is 0 Å². The van der Waals surface area contributed by atoms with Crippen LogP contribution in [0.15, 0.2) is 41.2 Å². The van der Waals surface area contributed by atoms with E-state index in [1.165, 1.54) is 5.56 Å². The molecule has 16 heavy (non-hydrogen) atoms. The van der Waals surface area contributed by atoms with Crippen LogP contribution in [0.2, 0.25) is 0 Å². The first-order valence-electron chi connectivity index (χ1n) is 5.25. The molecule has 1 aromatic rings. The molecule has 0 saturated heterocycles. The fraction of sp³-hybridized carbons (Fsp3) is 0.286. The van der Waals surface area contributed by atoms with Crippen LogP contribution in [0.3, 0.4) is 0 Å². The summed E-state index contributed by atoms with van der Waals surface area (Å²) in [6, 6.07) is 8.14. The third kappa shape index (κ3) is 3.24. The maximum Gasteiger partial charge on any atom is 0.118 e. The Labute approximate surface area is 106 Å². The van der Waals surface area contributed by atoms with E-state index in [9.17, 15) is 5.11 Å². The smallest absolute Gasteiger partial charge is 0.118 e. The number of aliphatic hydroxyl groups is 1. The summed E-state index contributed by atoms with van der Waals surface area (Å²) in [5.41, 5.74) is 4.20. The van der Waals surface area contributed by atoms with Crippen molar-refractivity contribution in [2.75, 3.05) is 5.33 Å². The van der Waals surface area contributed by atoms with Gasteiger partial charge in [0.15, 0.2) is 0 Å². The van der Waals surface area contributed by atoms with Gasteiger partial charge >= 0.3 is 0 Å². The number of hydrogen-bond acceptors (Lipinski definition) is 1. The first-order chi connectivity index (χ1) is 7.56. The van der Waals surface area contributed by atoms with Crippen LogP contribution in [0.5, 0.6) is 0 Å². The number of aliphatic hydroxyl groups excluding tert-OH is 1. The lowest BCUT2D eigenvalue weighted by molar-refractivity contribution is 0.418. The highest BCUT2D eigenvalue weighted by atomic mass is 79.9. The second-order valence-electron chi connectivity index (χ2n) is 4.01. The van der Waals surface area contributed by atoms with Crippen molar-refractivity contribution in [1.29, 1.82) is 0 Å². The minimum atomic E-state index is 0.375. The Morgan fingerprint density at radius 3 is 2.44 bits per heavy atom. The lowest BCUT2D eigenvalue weighted by Gasteiger charge is -2.07. The lowest BCUT2D eigenvalue weighted by atomic mass is 10.0. The monoisotopic (exact) mass is 280 g/mol. The summed E-state index contributed by atoms with van der Waals surface area (Å²) in [6.07, 6.45) is 2.02. The van der Waals surface area contributed by atoms with Gasteiger partial charge in [0.25, 0.3) is 0 Å². The van der Waals surface area contributed by atoms with E-state index in [2.05, 4.69) is 35.0 Å². The minimum absolute atomic E-state index is 0.375. The van der Waals surface area contributed by atoms with Crippen LogP contribution in [-0.2, 0) is 0 Å². The van der Waals surface area contributed by atoms with Gasteiger partial charge in [-0.15, -0.1) is 0 Å². The van der Waals surface area contributed by atoms with Gasteiger partial charge in [-0.2, -0.15) is 0 Å². The van der Waals surface area contributed by atoms with Gasteiger partial charge in [-0.25, -0.2) is 0 Å². The topological polar surface area (TPSA) is 20.2 Å². The quantitative estimate of drug-likeness (QED) is 0.486. The predicted octanol–water partition coefficient (Wildman–Crippen LogP) is 4.63. The molecule has 0 unspecified atom stereocenters. The molecule has 1 N–H and O–H groups in total. The van der Waals surface area contributed by atoms with Crippen molar-refractivity contribution in [1.82, 2.24) is 0 Å². The molecular formula is C14H17BrO. The van der Waals surface area contributed by atoms with E-state index in [-0.39, 0.29) is 0 Å². The summed E-state index contributed by atoms with van der Waals surface area (Å²) in [7, 11) is 0. The molecule has 0 aliphatic rings. The summed E-state index contributed by atoms with van der Waals surface area (Å²) in [5, 5.41) is 10.6. The highest BCUT2D eigenvalue weighted by molar-refractivity contribution is 9.09. The fourth-order valence-electron chi connectivity index (χ4n) is 1.43. The van der Waals surface area contributed by atoms with E-state index in [0.717, 1.165) is 16.7 Å². The zero-order valence-electron chi connectivity index (χ0n) is 9.92. The van der Waals surface area contributed by atoms with Gasteiger partial charge in [-0.3, -0.25) is 0 Å². The molecule has 0 spiro atoms. The highest BCUT2D eigenvalue weighted by Gasteiger charge is 2.04. The number of benzene rings is 1. The number of allylic oxidation sites excluding steroid dienone is 2. The first kappa shape index (κ1) is 13.0. The molecular weight excluding hydrogens is 264 g/mol. The number of hydrogen-bond donors (Lipinski definition) is 1. The second-order valence-corrected chi connectivity index (χ2v) is 4.57. The van der Waals surface area contributed by atoms with Crippen LogP contribution in [0, 0.1) is 6.92 Å². The Balaban J connectivity index is 3.16. The van der Waals surface area contributed by atoms with Gasteiger partial charge in [0.05, 0.1) is 0 Å². The summed E-state index contributed by atoms with van der Waals surface area (Å²) in [6.45, 7) is 5.88.